The van der Waals surface area contributed by atoms with Crippen LogP contribution in [0.1, 0.15) is 33.3 Å². The van der Waals surface area contributed by atoms with Crippen LogP contribution in [0.25, 0.3) is 0 Å². The SMILES string of the molecule is CC.CC(C)Cc1ccc(Cl)cc1Cl. The predicted molar refractivity (Wildman–Crippen MR) is 66.4 cm³/mol. The number of hydrogen-bond donors (Lipinski definition) is 0. The van der Waals surface area contributed by atoms with Crippen molar-refractivity contribution in [3.63, 3.8) is 0 Å². The fraction of sp³-hybridized carbons (Fsp3) is 0.500. The molecule has 0 aliphatic heterocycles. The minimum absolute atomic E-state index is 0.628. The van der Waals surface area contributed by atoms with Gasteiger partial charge in [0.2, 0.25) is 0 Å². The van der Waals surface area contributed by atoms with Gasteiger partial charge < -0.3 is 0 Å². The van der Waals surface area contributed by atoms with E-state index in [1.54, 1.807) is 6.07 Å². The monoisotopic (exact) mass is 232 g/mol. The first kappa shape index (κ1) is 13.8. The van der Waals surface area contributed by atoms with Crippen LogP contribution in [-0.2, 0) is 6.42 Å². The van der Waals surface area contributed by atoms with Crippen LogP contribution in [0.3, 0.4) is 0 Å². The molecule has 0 atom stereocenters. The Labute approximate surface area is 97.2 Å². The number of hydrogen-bond acceptors (Lipinski definition) is 0. The van der Waals surface area contributed by atoms with Gasteiger partial charge in [0.1, 0.15) is 0 Å². The normalized spacial score (nSPS) is 9.64. The zero-order valence-electron chi connectivity index (χ0n) is 9.27. The Balaban J connectivity index is 0.000000791. The Morgan fingerprint density at radius 2 is 1.71 bits per heavy atom. The molecule has 0 radical (unpaired) electrons. The Hall–Kier alpha value is -0.200. The molecule has 0 bridgehead atoms. The molecule has 0 fully saturated rings. The molecule has 14 heavy (non-hydrogen) atoms. The van der Waals surface area contributed by atoms with Crippen molar-refractivity contribution < 1.29 is 0 Å². The topological polar surface area (TPSA) is 0 Å². The van der Waals surface area contributed by atoms with Gasteiger partial charge in [-0.1, -0.05) is 57.0 Å². The van der Waals surface area contributed by atoms with Gasteiger partial charge in [-0.25, -0.2) is 0 Å². The first-order valence-electron chi connectivity index (χ1n) is 5.03. The molecule has 0 aliphatic rings. The molecular weight excluding hydrogens is 215 g/mol. The fourth-order valence-electron chi connectivity index (χ4n) is 1.13. The highest BCUT2D eigenvalue weighted by molar-refractivity contribution is 6.35. The van der Waals surface area contributed by atoms with Crippen molar-refractivity contribution in [2.24, 2.45) is 5.92 Å². The van der Waals surface area contributed by atoms with Gasteiger partial charge in [-0.2, -0.15) is 0 Å². The second-order valence-electron chi connectivity index (χ2n) is 3.33. The maximum atomic E-state index is 5.99. The van der Waals surface area contributed by atoms with Crippen LogP contribution in [0.15, 0.2) is 18.2 Å². The van der Waals surface area contributed by atoms with Gasteiger partial charge in [0.25, 0.3) is 0 Å². The Morgan fingerprint density at radius 3 is 2.14 bits per heavy atom. The van der Waals surface area contributed by atoms with Crippen LogP contribution in [0.5, 0.6) is 0 Å². The molecule has 0 nitrogen and oxygen atoms in total. The first-order chi connectivity index (χ1) is 6.59. The highest BCUT2D eigenvalue weighted by atomic mass is 35.5. The largest absolute Gasteiger partial charge is 0.0843 e. The third-order valence-corrected chi connectivity index (χ3v) is 2.23. The molecule has 0 aliphatic carbocycles. The van der Waals surface area contributed by atoms with Gasteiger partial charge in [0.15, 0.2) is 0 Å². The van der Waals surface area contributed by atoms with E-state index in [1.807, 2.05) is 26.0 Å². The van der Waals surface area contributed by atoms with Crippen molar-refractivity contribution in [1.29, 1.82) is 0 Å². The number of benzene rings is 1. The maximum absolute atomic E-state index is 5.99. The summed E-state index contributed by atoms with van der Waals surface area (Å²) in [5.74, 6) is 0.628. The molecule has 0 saturated carbocycles. The van der Waals surface area contributed by atoms with E-state index in [0.29, 0.717) is 10.9 Å². The van der Waals surface area contributed by atoms with Crippen LogP contribution in [0.2, 0.25) is 10.0 Å². The van der Waals surface area contributed by atoms with Crippen LogP contribution in [0.4, 0.5) is 0 Å². The van der Waals surface area contributed by atoms with Crippen molar-refractivity contribution in [3.8, 4) is 0 Å². The van der Waals surface area contributed by atoms with Crippen molar-refractivity contribution in [2.45, 2.75) is 34.1 Å². The van der Waals surface area contributed by atoms with Crippen molar-refractivity contribution in [2.75, 3.05) is 0 Å². The first-order valence-corrected chi connectivity index (χ1v) is 5.79. The summed E-state index contributed by atoms with van der Waals surface area (Å²) < 4.78 is 0. The van der Waals surface area contributed by atoms with Crippen LogP contribution in [-0.4, -0.2) is 0 Å². The fourth-order valence-corrected chi connectivity index (χ4v) is 1.61. The zero-order valence-corrected chi connectivity index (χ0v) is 10.8. The lowest BCUT2D eigenvalue weighted by Gasteiger charge is -2.06. The molecular formula is C12H18Cl2. The van der Waals surface area contributed by atoms with Crippen LogP contribution >= 0.6 is 23.2 Å². The summed E-state index contributed by atoms with van der Waals surface area (Å²) in [6.45, 7) is 8.34. The van der Waals surface area contributed by atoms with Crippen LogP contribution < -0.4 is 0 Å². The molecule has 2 heteroatoms. The van der Waals surface area contributed by atoms with Gasteiger partial charge in [-0.15, -0.1) is 0 Å². The van der Waals surface area contributed by atoms with E-state index in [-0.39, 0.29) is 0 Å². The smallest absolute Gasteiger partial charge is 0.0452 e. The quantitative estimate of drug-likeness (QED) is 0.657. The summed E-state index contributed by atoms with van der Waals surface area (Å²) in [4.78, 5) is 0. The lowest BCUT2D eigenvalue weighted by Crippen LogP contribution is -1.94. The van der Waals surface area contributed by atoms with Crippen molar-refractivity contribution in [3.05, 3.63) is 33.8 Å². The second kappa shape index (κ2) is 7.14. The molecule has 0 N–H and O–H groups in total. The number of rotatable bonds is 2. The third kappa shape index (κ3) is 4.88. The zero-order chi connectivity index (χ0) is 11.1. The summed E-state index contributed by atoms with van der Waals surface area (Å²) >= 11 is 11.8. The molecule has 0 aromatic heterocycles. The average Bonchev–Trinajstić information content (AvgIpc) is 2.13. The lowest BCUT2D eigenvalue weighted by molar-refractivity contribution is 0.647. The van der Waals surface area contributed by atoms with Gasteiger partial charge in [0.05, 0.1) is 0 Å². The second-order valence-corrected chi connectivity index (χ2v) is 4.18. The summed E-state index contributed by atoms with van der Waals surface area (Å²) in [5, 5.41) is 1.48. The Bertz CT molecular complexity index is 267. The van der Waals surface area contributed by atoms with E-state index in [2.05, 4.69) is 13.8 Å². The molecule has 1 rings (SSSR count). The third-order valence-electron chi connectivity index (χ3n) is 1.64. The summed E-state index contributed by atoms with van der Waals surface area (Å²) in [6, 6.07) is 5.66. The summed E-state index contributed by atoms with van der Waals surface area (Å²) in [5.41, 5.74) is 1.18. The average molecular weight is 233 g/mol. The van der Waals surface area contributed by atoms with Crippen molar-refractivity contribution in [1.82, 2.24) is 0 Å². The molecule has 0 heterocycles. The van der Waals surface area contributed by atoms with E-state index in [4.69, 9.17) is 23.2 Å². The highest BCUT2D eigenvalue weighted by Crippen LogP contribution is 2.22. The standard InChI is InChI=1S/C10H12Cl2.C2H6/c1-7(2)5-8-3-4-9(11)6-10(8)12;1-2/h3-4,6-7H,5H2,1-2H3;1-2H3. The van der Waals surface area contributed by atoms with Crippen molar-refractivity contribution >= 4 is 23.2 Å². The summed E-state index contributed by atoms with van der Waals surface area (Å²) in [6.07, 6.45) is 1.01. The van der Waals surface area contributed by atoms with Gasteiger partial charge >= 0.3 is 0 Å². The lowest BCUT2D eigenvalue weighted by atomic mass is 10.0. The summed E-state index contributed by atoms with van der Waals surface area (Å²) in [7, 11) is 0. The maximum Gasteiger partial charge on any atom is 0.0452 e. The van der Waals surface area contributed by atoms with E-state index < -0.39 is 0 Å². The Kier molecular flexibility index (Phi) is 7.04. The molecule has 0 spiro atoms. The molecule has 0 amide bonds. The van der Waals surface area contributed by atoms with E-state index in [1.165, 1.54) is 5.56 Å². The van der Waals surface area contributed by atoms with E-state index in [0.717, 1.165) is 11.4 Å². The highest BCUT2D eigenvalue weighted by Gasteiger charge is 2.02. The van der Waals surface area contributed by atoms with E-state index >= 15 is 0 Å². The predicted octanol–water partition coefficient (Wildman–Crippen LogP) is 5.22. The molecule has 0 unspecified atom stereocenters. The van der Waals surface area contributed by atoms with Gasteiger partial charge in [0, 0.05) is 10.0 Å². The minimum atomic E-state index is 0.628. The Morgan fingerprint density at radius 1 is 1.14 bits per heavy atom. The van der Waals surface area contributed by atoms with Crippen LogP contribution in [0, 0.1) is 5.92 Å². The molecule has 1 aromatic rings. The molecule has 0 saturated heterocycles. The van der Waals surface area contributed by atoms with Gasteiger partial charge in [-0.05, 0) is 30.0 Å². The van der Waals surface area contributed by atoms with E-state index in [9.17, 15) is 0 Å². The molecule has 1 aromatic carbocycles. The molecule has 80 valence electrons. The number of halogens is 2. The minimum Gasteiger partial charge on any atom is -0.0843 e. The van der Waals surface area contributed by atoms with Gasteiger partial charge in [-0.3, -0.25) is 0 Å².